The molecule has 1 saturated heterocycles. The number of amides is 1. The van der Waals surface area contributed by atoms with Gasteiger partial charge >= 0.3 is 0 Å². The number of carbonyl (C=O) groups excluding carboxylic acids is 1. The first-order valence-electron chi connectivity index (χ1n) is 9.34. The summed E-state index contributed by atoms with van der Waals surface area (Å²) in [5.41, 5.74) is 0.970. The first kappa shape index (κ1) is 19.3. The highest BCUT2D eigenvalue weighted by atomic mass is 32.2. The molecule has 1 aliphatic carbocycles. The molecule has 1 heterocycles. The Morgan fingerprint density at radius 3 is 2.35 bits per heavy atom. The molecule has 1 aliphatic heterocycles. The zero-order chi connectivity index (χ0) is 18.6. The number of hydrogen-bond acceptors (Lipinski definition) is 5. The van der Waals surface area contributed by atoms with Crippen LogP contribution in [-0.2, 0) is 23.8 Å². The number of ether oxygens (including phenoxy) is 1. The van der Waals surface area contributed by atoms with Crippen LogP contribution in [0.15, 0.2) is 29.2 Å². The number of aryl methyl sites for hydroxylation is 1. The molecule has 6 nitrogen and oxygen atoms in total. The molecule has 1 amide bonds. The van der Waals surface area contributed by atoms with Crippen LogP contribution in [0.4, 0.5) is 0 Å². The van der Waals surface area contributed by atoms with Gasteiger partial charge < -0.3 is 9.64 Å². The predicted octanol–water partition coefficient (Wildman–Crippen LogP) is 2.51. The minimum atomic E-state index is -3.99. The van der Waals surface area contributed by atoms with Gasteiger partial charge in [0.05, 0.1) is 18.1 Å². The summed E-state index contributed by atoms with van der Waals surface area (Å²) in [7, 11) is -3.99. The minimum Gasteiger partial charge on any atom is -0.378 e. The highest BCUT2D eigenvalue weighted by Gasteiger charge is 2.38. The number of morpholine rings is 1. The number of nitrogens with zero attached hydrogens (tertiary/aromatic N) is 1. The van der Waals surface area contributed by atoms with Crippen molar-refractivity contribution in [3.63, 3.8) is 0 Å². The van der Waals surface area contributed by atoms with Crippen molar-refractivity contribution in [2.24, 2.45) is 5.92 Å². The third-order valence-electron chi connectivity index (χ3n) is 5.18. The zero-order valence-electron chi connectivity index (χ0n) is 15.2. The summed E-state index contributed by atoms with van der Waals surface area (Å²) >= 11 is 0. The van der Waals surface area contributed by atoms with E-state index in [-0.39, 0.29) is 16.7 Å². The van der Waals surface area contributed by atoms with Crippen LogP contribution in [0.1, 0.15) is 37.7 Å². The van der Waals surface area contributed by atoms with E-state index in [0.717, 1.165) is 37.7 Å². The second-order valence-corrected chi connectivity index (χ2v) is 8.69. The number of hydrogen-bond donors (Lipinski definition) is 0. The Labute approximate surface area is 155 Å². The van der Waals surface area contributed by atoms with Gasteiger partial charge in [0.2, 0.25) is 0 Å². The monoisotopic (exact) mass is 381 g/mol. The molecule has 1 saturated carbocycles. The standard InChI is InChI=1S/C19H27NO5S/c1-15-7-9-17(10-8-15)26(22,23)25-18(16-5-3-2-4-6-16)19(21)20-11-13-24-14-12-20/h7-10,16,18H,2-6,11-14H2,1H3/t18-/m1/s1. The van der Waals surface area contributed by atoms with E-state index in [1.165, 1.54) is 12.1 Å². The number of rotatable bonds is 5. The quantitative estimate of drug-likeness (QED) is 0.733. The smallest absolute Gasteiger partial charge is 0.297 e. The van der Waals surface area contributed by atoms with E-state index in [9.17, 15) is 13.2 Å². The lowest BCUT2D eigenvalue weighted by Gasteiger charge is -2.34. The summed E-state index contributed by atoms with van der Waals surface area (Å²) < 4.78 is 36.4. The Kier molecular flexibility index (Phi) is 6.32. The van der Waals surface area contributed by atoms with Gasteiger partial charge in [-0.2, -0.15) is 8.42 Å². The fourth-order valence-electron chi connectivity index (χ4n) is 3.62. The first-order chi connectivity index (χ1) is 12.5. The van der Waals surface area contributed by atoms with E-state index in [1.54, 1.807) is 17.0 Å². The van der Waals surface area contributed by atoms with E-state index in [2.05, 4.69) is 0 Å². The van der Waals surface area contributed by atoms with Gasteiger partial charge in [0.15, 0.2) is 6.10 Å². The van der Waals surface area contributed by atoms with Gasteiger partial charge in [0.25, 0.3) is 16.0 Å². The maximum absolute atomic E-state index is 13.0. The van der Waals surface area contributed by atoms with Crippen molar-refractivity contribution in [1.29, 1.82) is 0 Å². The van der Waals surface area contributed by atoms with Crippen LogP contribution in [0.2, 0.25) is 0 Å². The highest BCUT2D eigenvalue weighted by Crippen LogP contribution is 2.31. The van der Waals surface area contributed by atoms with Gasteiger partial charge in [-0.15, -0.1) is 0 Å². The SMILES string of the molecule is Cc1ccc(S(=O)(=O)O[C@@H](C(=O)N2CCOCC2)C2CCCCC2)cc1. The third-order valence-corrected chi connectivity index (χ3v) is 6.49. The van der Waals surface area contributed by atoms with Gasteiger partial charge in [-0.25, -0.2) is 0 Å². The van der Waals surface area contributed by atoms with Crippen molar-refractivity contribution in [1.82, 2.24) is 4.90 Å². The third kappa shape index (κ3) is 4.64. The van der Waals surface area contributed by atoms with Gasteiger partial charge in [0, 0.05) is 13.1 Å². The lowest BCUT2D eigenvalue weighted by atomic mass is 9.85. The molecule has 0 aromatic heterocycles. The number of carbonyl (C=O) groups is 1. The Morgan fingerprint density at radius 1 is 1.12 bits per heavy atom. The molecule has 2 fully saturated rings. The van der Waals surface area contributed by atoms with Crippen LogP contribution in [0, 0.1) is 12.8 Å². The summed E-state index contributed by atoms with van der Waals surface area (Å²) in [6.45, 7) is 3.82. The van der Waals surface area contributed by atoms with Crippen LogP contribution < -0.4 is 0 Å². The Balaban J connectivity index is 1.82. The van der Waals surface area contributed by atoms with Crippen molar-refractivity contribution < 1.29 is 22.1 Å². The van der Waals surface area contributed by atoms with Gasteiger partial charge in [0.1, 0.15) is 0 Å². The summed E-state index contributed by atoms with van der Waals surface area (Å²) in [5.74, 6) is -0.282. The molecule has 0 bridgehead atoms. The van der Waals surface area contributed by atoms with E-state index < -0.39 is 16.2 Å². The Bertz CT molecular complexity index is 704. The Morgan fingerprint density at radius 2 is 1.73 bits per heavy atom. The van der Waals surface area contributed by atoms with Crippen LogP contribution >= 0.6 is 0 Å². The fraction of sp³-hybridized carbons (Fsp3) is 0.632. The summed E-state index contributed by atoms with van der Waals surface area (Å²) in [6.07, 6.45) is 3.84. The minimum absolute atomic E-state index is 0.0562. The lowest BCUT2D eigenvalue weighted by molar-refractivity contribution is -0.145. The second-order valence-electron chi connectivity index (χ2n) is 7.12. The van der Waals surface area contributed by atoms with E-state index >= 15 is 0 Å². The molecule has 1 atom stereocenters. The largest absolute Gasteiger partial charge is 0.378 e. The molecule has 0 radical (unpaired) electrons. The summed E-state index contributed by atoms with van der Waals surface area (Å²) in [6, 6.07) is 6.52. The van der Waals surface area contributed by atoms with Crippen molar-refractivity contribution in [3.8, 4) is 0 Å². The number of benzene rings is 1. The van der Waals surface area contributed by atoms with Crippen LogP contribution in [0.5, 0.6) is 0 Å². The van der Waals surface area contributed by atoms with Crippen LogP contribution in [0.3, 0.4) is 0 Å². The molecule has 144 valence electrons. The highest BCUT2D eigenvalue weighted by molar-refractivity contribution is 7.86. The molecule has 3 rings (SSSR count). The van der Waals surface area contributed by atoms with Crippen molar-refractivity contribution >= 4 is 16.0 Å². The molecule has 0 unspecified atom stereocenters. The molecule has 26 heavy (non-hydrogen) atoms. The average molecular weight is 381 g/mol. The first-order valence-corrected chi connectivity index (χ1v) is 10.7. The molecule has 2 aliphatic rings. The van der Waals surface area contributed by atoms with E-state index in [4.69, 9.17) is 8.92 Å². The molecule has 0 N–H and O–H groups in total. The predicted molar refractivity (Wildman–Crippen MR) is 97.2 cm³/mol. The topological polar surface area (TPSA) is 72.9 Å². The van der Waals surface area contributed by atoms with Crippen molar-refractivity contribution in [3.05, 3.63) is 29.8 Å². The molecule has 7 heteroatoms. The normalized spacial score (nSPS) is 20.7. The maximum Gasteiger partial charge on any atom is 0.297 e. The van der Waals surface area contributed by atoms with Gasteiger partial charge in [-0.3, -0.25) is 8.98 Å². The summed E-state index contributed by atoms with van der Waals surface area (Å²) in [5, 5.41) is 0. The Hall–Kier alpha value is -1.44. The molecular formula is C19H27NO5S. The van der Waals surface area contributed by atoms with Crippen LogP contribution in [0.25, 0.3) is 0 Å². The van der Waals surface area contributed by atoms with E-state index in [0.29, 0.717) is 26.3 Å². The molecular weight excluding hydrogens is 354 g/mol. The zero-order valence-corrected chi connectivity index (χ0v) is 16.0. The van der Waals surface area contributed by atoms with Crippen molar-refractivity contribution in [2.75, 3.05) is 26.3 Å². The van der Waals surface area contributed by atoms with Crippen LogP contribution in [-0.4, -0.2) is 51.6 Å². The summed E-state index contributed by atoms with van der Waals surface area (Å²) in [4.78, 5) is 14.8. The molecule has 0 spiro atoms. The van der Waals surface area contributed by atoms with E-state index in [1.807, 2.05) is 6.92 Å². The average Bonchev–Trinajstić information content (AvgIpc) is 2.67. The second kappa shape index (κ2) is 8.50. The molecule has 1 aromatic rings. The fourth-order valence-corrected chi connectivity index (χ4v) is 4.71. The van der Waals surface area contributed by atoms with Gasteiger partial charge in [-0.1, -0.05) is 37.0 Å². The van der Waals surface area contributed by atoms with Gasteiger partial charge in [-0.05, 0) is 37.8 Å². The van der Waals surface area contributed by atoms with Crippen molar-refractivity contribution in [2.45, 2.75) is 50.0 Å². The molecule has 1 aromatic carbocycles. The lowest BCUT2D eigenvalue weighted by Crippen LogP contribution is -2.49. The maximum atomic E-state index is 13.0.